The average Bonchev–Trinajstić information content (AvgIpc) is 3.69. The number of thioether (sulfide) groups is 1. The topological polar surface area (TPSA) is 90.4 Å². The molecule has 0 radical (unpaired) electrons. The number of hydrogen-bond donors (Lipinski definition) is 1. The third-order valence-corrected chi connectivity index (χ3v) is 12.3. The van der Waals surface area contributed by atoms with Crippen LogP contribution < -0.4 is 9.64 Å². The van der Waals surface area contributed by atoms with E-state index in [0.717, 1.165) is 11.1 Å². The average molecular weight is 680 g/mol. The molecule has 3 saturated heterocycles. The normalized spacial score (nSPS) is 25.8. The van der Waals surface area contributed by atoms with Crippen LogP contribution in [-0.2, 0) is 20.9 Å². The number of hydrogen-bond acceptors (Lipinski definition) is 6. The molecule has 3 aliphatic rings. The Morgan fingerprint density at radius 1 is 0.980 bits per heavy atom. The predicted octanol–water partition coefficient (Wildman–Crippen LogP) is 6.03. The molecule has 0 aliphatic carbocycles. The summed E-state index contributed by atoms with van der Waals surface area (Å²) < 4.78 is 4.20. The fraction of sp³-hybridized carbons (Fsp3) is 0.375. The fourth-order valence-corrected chi connectivity index (χ4v) is 10.6. The van der Waals surface area contributed by atoms with Crippen molar-refractivity contribution in [2.45, 2.75) is 54.8 Å². The van der Waals surface area contributed by atoms with Crippen LogP contribution in [0.1, 0.15) is 43.9 Å². The quantitative estimate of drug-likeness (QED) is 0.209. The van der Waals surface area contributed by atoms with Crippen LogP contribution in [0, 0.1) is 11.8 Å². The van der Waals surface area contributed by atoms with E-state index in [9.17, 15) is 9.90 Å². The Morgan fingerprint density at radius 3 is 2.24 bits per heavy atom. The Morgan fingerprint density at radius 2 is 1.63 bits per heavy atom. The van der Waals surface area contributed by atoms with Gasteiger partial charge in [0.1, 0.15) is 11.8 Å². The van der Waals surface area contributed by atoms with Gasteiger partial charge in [-0.3, -0.25) is 14.4 Å². The van der Waals surface area contributed by atoms with Gasteiger partial charge in [-0.1, -0.05) is 72.8 Å². The molecular formula is C40H45N3O5S. The van der Waals surface area contributed by atoms with Crippen LogP contribution in [-0.4, -0.2) is 74.5 Å². The van der Waals surface area contributed by atoms with Crippen molar-refractivity contribution in [1.29, 1.82) is 0 Å². The van der Waals surface area contributed by atoms with Crippen molar-refractivity contribution in [2.24, 2.45) is 11.8 Å². The number of aliphatic hydroxyl groups excluding tert-OH is 1. The van der Waals surface area contributed by atoms with Gasteiger partial charge < -0.3 is 24.5 Å². The minimum atomic E-state index is -0.894. The van der Waals surface area contributed by atoms with Crippen molar-refractivity contribution >= 4 is 35.2 Å². The maximum Gasteiger partial charge on any atom is 0.247 e. The maximum atomic E-state index is 15.1. The molecule has 3 fully saturated rings. The Labute approximate surface area is 293 Å². The second-order valence-electron chi connectivity index (χ2n) is 13.2. The number of fused-ring (bicyclic) bond motifs is 1. The third-order valence-electron chi connectivity index (χ3n) is 10.3. The second kappa shape index (κ2) is 14.3. The first-order valence-electron chi connectivity index (χ1n) is 17.0. The molecule has 1 N–H and O–H groups in total. The zero-order chi connectivity index (χ0) is 34.8. The number of rotatable bonds is 14. The van der Waals surface area contributed by atoms with Crippen LogP contribution in [0.4, 0.5) is 5.69 Å². The SMILES string of the molecule is C=CCN(Cc1ccccc1)C(=O)C1N([C@H](CO)c2ccccc2)C(=O)[C@@H]2[C@@H](C(=O)N(CC=C)c3ccc(OCC)cc3)[C@@]3(C)CCC12S3. The molecule has 8 nitrogen and oxygen atoms in total. The maximum absolute atomic E-state index is 15.1. The molecule has 3 amide bonds. The smallest absolute Gasteiger partial charge is 0.247 e. The van der Waals surface area contributed by atoms with Gasteiger partial charge in [-0.2, -0.15) is 0 Å². The number of carbonyl (C=O) groups excluding carboxylic acids is 3. The minimum absolute atomic E-state index is 0.167. The first-order valence-corrected chi connectivity index (χ1v) is 17.8. The van der Waals surface area contributed by atoms with Crippen LogP contribution in [0.2, 0.25) is 0 Å². The largest absolute Gasteiger partial charge is 0.494 e. The monoisotopic (exact) mass is 679 g/mol. The lowest BCUT2D eigenvalue weighted by Gasteiger charge is -2.39. The zero-order valence-electron chi connectivity index (χ0n) is 28.2. The van der Waals surface area contributed by atoms with Crippen LogP contribution in [0.15, 0.2) is 110 Å². The van der Waals surface area contributed by atoms with E-state index in [1.165, 1.54) is 0 Å². The van der Waals surface area contributed by atoms with Gasteiger partial charge >= 0.3 is 0 Å². The molecule has 1 spiro atoms. The molecule has 256 valence electrons. The van der Waals surface area contributed by atoms with Crippen LogP contribution >= 0.6 is 11.8 Å². The number of benzene rings is 3. The highest BCUT2D eigenvalue weighted by molar-refractivity contribution is 8.02. The van der Waals surface area contributed by atoms with Crippen molar-refractivity contribution in [3.8, 4) is 5.75 Å². The van der Waals surface area contributed by atoms with E-state index in [4.69, 9.17) is 4.74 Å². The molecule has 3 heterocycles. The summed E-state index contributed by atoms with van der Waals surface area (Å²) >= 11 is 1.63. The first-order chi connectivity index (χ1) is 23.7. The van der Waals surface area contributed by atoms with Crippen LogP contribution in [0.5, 0.6) is 5.75 Å². The number of anilines is 1. The highest BCUT2D eigenvalue weighted by Gasteiger charge is 2.78. The molecule has 0 saturated carbocycles. The van der Waals surface area contributed by atoms with Gasteiger partial charge in [0.2, 0.25) is 17.7 Å². The molecule has 9 heteroatoms. The summed E-state index contributed by atoms with van der Waals surface area (Å²) in [5, 5.41) is 10.9. The third kappa shape index (κ3) is 6.08. The first kappa shape index (κ1) is 34.5. The Hall–Kier alpha value is -4.34. The number of likely N-dealkylation sites (tertiary alicyclic amines) is 1. The van der Waals surface area contributed by atoms with Gasteiger partial charge in [0.15, 0.2) is 0 Å². The number of ether oxygens (including phenoxy) is 1. The minimum Gasteiger partial charge on any atom is -0.494 e. The van der Waals surface area contributed by atoms with Gasteiger partial charge in [0.25, 0.3) is 0 Å². The molecule has 3 aromatic rings. The molecule has 6 atom stereocenters. The molecule has 6 rings (SSSR count). The van der Waals surface area contributed by atoms with Gasteiger partial charge in [-0.25, -0.2) is 0 Å². The summed E-state index contributed by atoms with van der Waals surface area (Å²) in [6, 6.07) is 24.9. The van der Waals surface area contributed by atoms with E-state index < -0.39 is 33.4 Å². The summed E-state index contributed by atoms with van der Waals surface area (Å²) in [7, 11) is 0. The van der Waals surface area contributed by atoms with Gasteiger partial charge in [0, 0.05) is 30.1 Å². The molecule has 3 aromatic carbocycles. The molecule has 2 unspecified atom stereocenters. The summed E-state index contributed by atoms with van der Waals surface area (Å²) in [5.41, 5.74) is 2.39. The Kier molecular flexibility index (Phi) is 10.0. The summed E-state index contributed by atoms with van der Waals surface area (Å²) in [5.74, 6) is -1.38. The molecule has 3 aliphatic heterocycles. The van der Waals surface area contributed by atoms with Crippen LogP contribution in [0.25, 0.3) is 0 Å². The lowest BCUT2D eigenvalue weighted by Crippen LogP contribution is -2.55. The van der Waals surface area contributed by atoms with Crippen molar-refractivity contribution in [1.82, 2.24) is 9.80 Å². The molecule has 2 bridgehead atoms. The second-order valence-corrected chi connectivity index (χ2v) is 15.1. The van der Waals surface area contributed by atoms with Crippen molar-refractivity contribution < 1.29 is 24.2 Å². The van der Waals surface area contributed by atoms with E-state index in [0.29, 0.717) is 37.4 Å². The summed E-state index contributed by atoms with van der Waals surface area (Å²) in [4.78, 5) is 50.1. The Bertz CT molecular complexity index is 1680. The van der Waals surface area contributed by atoms with Crippen molar-refractivity contribution in [3.63, 3.8) is 0 Å². The van der Waals surface area contributed by atoms with E-state index in [2.05, 4.69) is 20.1 Å². The van der Waals surface area contributed by atoms with Gasteiger partial charge in [-0.15, -0.1) is 24.9 Å². The highest BCUT2D eigenvalue weighted by atomic mass is 32.2. The standard InChI is InChI=1S/C40H45N3O5S/c1-5-24-41(26-28-14-10-8-11-15-28)38(47)35-40-23-22-39(4,49-40)33(34(40)37(46)43(35)32(27-44)29-16-12-9-13-17-29)36(45)42(25-6-2)30-18-20-31(21-19-30)48-7-3/h5-6,8-21,32-35,44H,1-2,7,22-27H2,3-4H3/t32-,33+,34+,35?,39-,40?/m1/s1. The summed E-state index contributed by atoms with van der Waals surface area (Å²) in [6.45, 7) is 12.9. The summed E-state index contributed by atoms with van der Waals surface area (Å²) in [6.07, 6.45) is 4.67. The molecule has 49 heavy (non-hydrogen) atoms. The molecular weight excluding hydrogens is 635 g/mol. The van der Waals surface area contributed by atoms with Crippen molar-refractivity contribution in [2.75, 3.05) is 31.2 Å². The zero-order valence-corrected chi connectivity index (χ0v) is 29.1. The fourth-order valence-electron chi connectivity index (χ4n) is 8.26. The van der Waals surface area contributed by atoms with E-state index in [1.54, 1.807) is 38.6 Å². The lowest BCUT2D eigenvalue weighted by atomic mass is 9.66. The number of carbonyl (C=O) groups is 3. The van der Waals surface area contributed by atoms with E-state index in [-0.39, 0.29) is 37.4 Å². The molecule has 0 aromatic heterocycles. The lowest BCUT2D eigenvalue weighted by molar-refractivity contribution is -0.146. The van der Waals surface area contributed by atoms with Crippen LogP contribution in [0.3, 0.4) is 0 Å². The van der Waals surface area contributed by atoms with E-state index >= 15 is 9.59 Å². The number of aliphatic hydroxyl groups is 1. The number of amides is 3. The van der Waals surface area contributed by atoms with Crippen molar-refractivity contribution in [3.05, 3.63) is 121 Å². The van der Waals surface area contributed by atoms with Gasteiger partial charge in [-0.05, 0) is 62.1 Å². The Balaban J connectivity index is 1.45. The van der Waals surface area contributed by atoms with Gasteiger partial charge in [0.05, 0.1) is 35.8 Å². The number of nitrogens with zero attached hydrogens (tertiary/aromatic N) is 3. The van der Waals surface area contributed by atoms with E-state index in [1.807, 2.05) is 91.9 Å². The highest BCUT2D eigenvalue weighted by Crippen LogP contribution is 2.72. The predicted molar refractivity (Wildman–Crippen MR) is 194 cm³/mol.